The van der Waals surface area contributed by atoms with E-state index in [9.17, 15) is 0 Å². The van der Waals surface area contributed by atoms with Crippen LogP contribution in [0.2, 0.25) is 0 Å². The number of ether oxygens (including phenoxy) is 1. The Labute approximate surface area is 119 Å². The largest absolute Gasteiger partial charge is 0.497 e. The van der Waals surface area contributed by atoms with Crippen molar-refractivity contribution in [1.82, 2.24) is 4.98 Å². The molecule has 1 aromatic heterocycles. The van der Waals surface area contributed by atoms with Gasteiger partial charge >= 0.3 is 0 Å². The van der Waals surface area contributed by atoms with Gasteiger partial charge in [-0.1, -0.05) is 6.92 Å². The van der Waals surface area contributed by atoms with Gasteiger partial charge in [-0.05, 0) is 42.0 Å². The molecule has 0 saturated carbocycles. The van der Waals surface area contributed by atoms with Crippen molar-refractivity contribution in [1.29, 1.82) is 0 Å². The average molecular weight is 271 g/mol. The van der Waals surface area contributed by atoms with Crippen molar-refractivity contribution in [2.24, 2.45) is 11.7 Å². The number of anilines is 1. The fourth-order valence-electron chi connectivity index (χ4n) is 2.88. The van der Waals surface area contributed by atoms with Crippen molar-refractivity contribution in [3.8, 4) is 5.75 Å². The molecule has 2 atom stereocenters. The van der Waals surface area contributed by atoms with Gasteiger partial charge in [0.15, 0.2) is 0 Å². The van der Waals surface area contributed by atoms with Crippen molar-refractivity contribution in [2.45, 2.75) is 19.4 Å². The number of nitrogens with zero attached hydrogens (tertiary/aromatic N) is 2. The highest BCUT2D eigenvalue weighted by atomic mass is 16.5. The number of hydrogen-bond acceptors (Lipinski definition) is 4. The van der Waals surface area contributed by atoms with E-state index < -0.39 is 0 Å². The Bertz CT molecular complexity index is 614. The lowest BCUT2D eigenvalue weighted by Gasteiger charge is -2.36. The molecule has 106 valence electrons. The van der Waals surface area contributed by atoms with Gasteiger partial charge in [0.05, 0.1) is 7.11 Å². The van der Waals surface area contributed by atoms with E-state index >= 15 is 0 Å². The smallest absolute Gasteiger partial charge is 0.136 e. The molecule has 2 unspecified atom stereocenters. The number of benzene rings is 1. The third-order valence-electron chi connectivity index (χ3n) is 4.22. The van der Waals surface area contributed by atoms with Gasteiger partial charge in [0.1, 0.15) is 11.6 Å². The van der Waals surface area contributed by atoms with E-state index in [1.54, 1.807) is 7.11 Å². The molecule has 4 nitrogen and oxygen atoms in total. The first-order valence-electron chi connectivity index (χ1n) is 7.12. The molecule has 0 aliphatic carbocycles. The molecule has 0 amide bonds. The van der Waals surface area contributed by atoms with Gasteiger partial charge in [0.25, 0.3) is 0 Å². The second kappa shape index (κ2) is 5.29. The molecule has 3 rings (SSSR count). The van der Waals surface area contributed by atoms with Crippen molar-refractivity contribution in [2.75, 3.05) is 25.1 Å². The van der Waals surface area contributed by atoms with Crippen LogP contribution in [0.4, 0.5) is 5.82 Å². The van der Waals surface area contributed by atoms with Gasteiger partial charge in [-0.15, -0.1) is 0 Å². The number of fused-ring (bicyclic) bond motifs is 1. The Balaban J connectivity index is 1.99. The van der Waals surface area contributed by atoms with E-state index in [0.29, 0.717) is 12.0 Å². The summed E-state index contributed by atoms with van der Waals surface area (Å²) >= 11 is 0. The third-order valence-corrected chi connectivity index (χ3v) is 4.22. The van der Waals surface area contributed by atoms with Crippen molar-refractivity contribution < 1.29 is 4.74 Å². The minimum absolute atomic E-state index is 0.307. The van der Waals surface area contributed by atoms with E-state index in [0.717, 1.165) is 36.5 Å². The van der Waals surface area contributed by atoms with Gasteiger partial charge < -0.3 is 15.4 Å². The molecular formula is C16H21N3O. The molecule has 1 aromatic carbocycles. The maximum atomic E-state index is 6.11. The Hall–Kier alpha value is -1.81. The van der Waals surface area contributed by atoms with Crippen LogP contribution in [0, 0.1) is 5.92 Å². The summed E-state index contributed by atoms with van der Waals surface area (Å²) in [6, 6.07) is 8.48. The number of aromatic nitrogens is 1. The summed E-state index contributed by atoms with van der Waals surface area (Å²) in [5.74, 6) is 2.44. The predicted molar refractivity (Wildman–Crippen MR) is 82.3 cm³/mol. The number of rotatable bonds is 2. The summed E-state index contributed by atoms with van der Waals surface area (Å²) in [5.41, 5.74) is 6.11. The molecule has 0 spiro atoms. The first kappa shape index (κ1) is 13.2. The minimum atomic E-state index is 0.307. The van der Waals surface area contributed by atoms with E-state index in [1.165, 1.54) is 5.39 Å². The fourth-order valence-corrected chi connectivity index (χ4v) is 2.88. The summed E-state index contributed by atoms with van der Waals surface area (Å²) in [7, 11) is 1.69. The Morgan fingerprint density at radius 3 is 2.95 bits per heavy atom. The van der Waals surface area contributed by atoms with Gasteiger partial charge in [0, 0.05) is 30.7 Å². The predicted octanol–water partition coefficient (Wildman–Crippen LogP) is 2.42. The standard InChI is InChI=1S/C16H21N3O/c1-11-10-19(8-6-15(11)17)16-14-4-3-13(20-2)9-12(14)5-7-18-16/h3-5,7,9,11,15H,6,8,10,17H2,1-2H3. The first-order valence-corrected chi connectivity index (χ1v) is 7.12. The summed E-state index contributed by atoms with van der Waals surface area (Å²) in [6.07, 6.45) is 2.89. The van der Waals surface area contributed by atoms with Gasteiger partial charge in [0.2, 0.25) is 0 Å². The van der Waals surface area contributed by atoms with Gasteiger partial charge in [-0.3, -0.25) is 0 Å². The number of piperidine rings is 1. The summed E-state index contributed by atoms with van der Waals surface area (Å²) in [4.78, 5) is 6.94. The van der Waals surface area contributed by atoms with Crippen LogP contribution in [0.25, 0.3) is 10.8 Å². The van der Waals surface area contributed by atoms with Crippen LogP contribution in [0.15, 0.2) is 30.5 Å². The van der Waals surface area contributed by atoms with Crippen molar-refractivity contribution in [3.63, 3.8) is 0 Å². The van der Waals surface area contributed by atoms with Crippen LogP contribution in [-0.4, -0.2) is 31.2 Å². The lowest BCUT2D eigenvalue weighted by Crippen LogP contribution is -2.46. The number of hydrogen-bond donors (Lipinski definition) is 1. The molecule has 1 fully saturated rings. The molecule has 4 heteroatoms. The molecule has 1 aliphatic heterocycles. The van der Waals surface area contributed by atoms with Crippen LogP contribution < -0.4 is 15.4 Å². The lowest BCUT2D eigenvalue weighted by atomic mass is 9.94. The highest BCUT2D eigenvalue weighted by Crippen LogP contribution is 2.30. The van der Waals surface area contributed by atoms with E-state index in [4.69, 9.17) is 10.5 Å². The molecule has 2 heterocycles. The maximum absolute atomic E-state index is 6.11. The van der Waals surface area contributed by atoms with E-state index in [2.05, 4.69) is 28.9 Å². The van der Waals surface area contributed by atoms with Gasteiger partial charge in [-0.2, -0.15) is 0 Å². The normalized spacial score (nSPS) is 23.1. The lowest BCUT2D eigenvalue weighted by molar-refractivity contribution is 0.382. The average Bonchev–Trinajstić information content (AvgIpc) is 2.49. The number of methoxy groups -OCH3 is 1. The van der Waals surface area contributed by atoms with E-state index in [1.807, 2.05) is 18.3 Å². The molecule has 2 N–H and O–H groups in total. The van der Waals surface area contributed by atoms with Crippen molar-refractivity contribution >= 4 is 16.6 Å². The van der Waals surface area contributed by atoms with E-state index in [-0.39, 0.29) is 0 Å². The monoisotopic (exact) mass is 271 g/mol. The first-order chi connectivity index (χ1) is 9.69. The van der Waals surface area contributed by atoms with Crippen LogP contribution in [0.3, 0.4) is 0 Å². The van der Waals surface area contributed by atoms with Gasteiger partial charge in [-0.25, -0.2) is 4.98 Å². The topological polar surface area (TPSA) is 51.4 Å². The zero-order valence-electron chi connectivity index (χ0n) is 12.0. The number of nitrogens with two attached hydrogens (primary N) is 1. The zero-order chi connectivity index (χ0) is 14.1. The minimum Gasteiger partial charge on any atom is -0.497 e. The van der Waals surface area contributed by atoms with Crippen LogP contribution in [-0.2, 0) is 0 Å². The summed E-state index contributed by atoms with van der Waals surface area (Å²) in [5, 5.41) is 2.34. The number of pyridine rings is 1. The molecule has 2 aromatic rings. The summed E-state index contributed by atoms with van der Waals surface area (Å²) < 4.78 is 5.29. The SMILES string of the molecule is COc1ccc2c(N3CCC(N)C(C)C3)nccc2c1. The Kier molecular flexibility index (Phi) is 3.49. The molecule has 1 saturated heterocycles. The molecule has 0 radical (unpaired) electrons. The third kappa shape index (κ3) is 2.31. The highest BCUT2D eigenvalue weighted by molar-refractivity contribution is 5.93. The summed E-state index contributed by atoms with van der Waals surface area (Å²) in [6.45, 7) is 4.16. The Morgan fingerprint density at radius 1 is 1.35 bits per heavy atom. The van der Waals surface area contributed by atoms with Crippen LogP contribution >= 0.6 is 0 Å². The van der Waals surface area contributed by atoms with Crippen molar-refractivity contribution in [3.05, 3.63) is 30.5 Å². The molecular weight excluding hydrogens is 250 g/mol. The molecule has 0 bridgehead atoms. The second-order valence-electron chi connectivity index (χ2n) is 5.60. The fraction of sp³-hybridized carbons (Fsp3) is 0.438. The van der Waals surface area contributed by atoms with Crippen LogP contribution in [0.5, 0.6) is 5.75 Å². The zero-order valence-corrected chi connectivity index (χ0v) is 12.0. The highest BCUT2D eigenvalue weighted by Gasteiger charge is 2.24. The quantitative estimate of drug-likeness (QED) is 0.911. The second-order valence-corrected chi connectivity index (χ2v) is 5.60. The maximum Gasteiger partial charge on any atom is 0.136 e. The molecule has 20 heavy (non-hydrogen) atoms. The molecule has 1 aliphatic rings. The van der Waals surface area contributed by atoms with Crippen LogP contribution in [0.1, 0.15) is 13.3 Å². The Morgan fingerprint density at radius 2 is 2.20 bits per heavy atom.